The molecule has 0 aromatic heterocycles. The Morgan fingerprint density at radius 3 is 2.44 bits per heavy atom. The van der Waals surface area contributed by atoms with Crippen molar-refractivity contribution in [3.63, 3.8) is 0 Å². The van der Waals surface area contributed by atoms with E-state index in [1.807, 2.05) is 12.1 Å². The zero-order valence-corrected chi connectivity index (χ0v) is 25.9. The molecule has 1 amide bonds. The smallest absolute Gasteiger partial charge is 0.344 e. The number of nitrogens with zero attached hydrogens (tertiary/aromatic N) is 1. The Bertz CT molecular complexity index is 1640. The minimum atomic E-state index is -0.803. The van der Waals surface area contributed by atoms with E-state index < -0.39 is 11.9 Å². The second kappa shape index (κ2) is 13.5. The van der Waals surface area contributed by atoms with Crippen LogP contribution in [-0.4, -0.2) is 35.7 Å². The molecule has 1 N–H and O–H groups in total. The molecule has 4 rings (SSSR count). The van der Waals surface area contributed by atoms with Gasteiger partial charge in [-0.1, -0.05) is 68.4 Å². The Morgan fingerprint density at radius 2 is 1.81 bits per heavy atom. The standard InChI is InChI=1S/C33H31ClFNO6S/c1-6-41-32(39)27-28(37)26(43-31(27)36-30(38)21-10-12-22(13-11-21)33(2,3)4)17-20-15-24(34)29(25(16-20)40-5)42-18-19-8-7-9-23(35)14-19/h7-17,37H,6,18H2,1-5H3. The summed E-state index contributed by atoms with van der Waals surface area (Å²) in [6, 6.07) is 16.3. The van der Waals surface area contributed by atoms with Crippen molar-refractivity contribution in [3.8, 4) is 11.5 Å². The number of benzene rings is 3. The molecule has 1 aliphatic rings. The van der Waals surface area contributed by atoms with Gasteiger partial charge >= 0.3 is 5.97 Å². The molecule has 0 unspecified atom stereocenters. The van der Waals surface area contributed by atoms with Gasteiger partial charge in [0.25, 0.3) is 5.91 Å². The lowest BCUT2D eigenvalue weighted by Crippen LogP contribution is -2.14. The summed E-state index contributed by atoms with van der Waals surface area (Å²) in [5.41, 5.74) is 2.23. The molecule has 10 heteroatoms. The third kappa shape index (κ3) is 7.66. The highest BCUT2D eigenvalue weighted by atomic mass is 35.5. The summed E-state index contributed by atoms with van der Waals surface area (Å²) >= 11 is 7.48. The normalized spacial score (nSPS) is 15.2. The zero-order chi connectivity index (χ0) is 31.3. The highest BCUT2D eigenvalue weighted by molar-refractivity contribution is 8.18. The van der Waals surface area contributed by atoms with Gasteiger partial charge in [0.2, 0.25) is 0 Å². The summed E-state index contributed by atoms with van der Waals surface area (Å²) in [6.07, 6.45) is 1.58. The first kappa shape index (κ1) is 31.8. The Morgan fingerprint density at radius 1 is 1.09 bits per heavy atom. The van der Waals surface area contributed by atoms with Crippen molar-refractivity contribution >= 4 is 46.4 Å². The monoisotopic (exact) mass is 623 g/mol. The lowest BCUT2D eigenvalue weighted by molar-refractivity contribution is -0.138. The predicted octanol–water partition coefficient (Wildman–Crippen LogP) is 8.07. The number of aliphatic hydroxyl groups is 1. The van der Waals surface area contributed by atoms with Crippen LogP contribution in [0.3, 0.4) is 0 Å². The third-order valence-electron chi connectivity index (χ3n) is 6.39. The number of amides is 1. The molecule has 0 fully saturated rings. The van der Waals surface area contributed by atoms with E-state index in [0.717, 1.165) is 17.3 Å². The number of carbonyl (C=O) groups excluding carboxylic acids is 2. The molecular formula is C33H31ClFNO6S. The number of aliphatic hydroxyl groups excluding tert-OH is 1. The fourth-order valence-electron chi connectivity index (χ4n) is 4.16. The first-order valence-electron chi connectivity index (χ1n) is 13.4. The highest BCUT2D eigenvalue weighted by Gasteiger charge is 2.34. The van der Waals surface area contributed by atoms with Crippen LogP contribution in [0.4, 0.5) is 4.39 Å². The Balaban J connectivity index is 1.64. The highest BCUT2D eigenvalue weighted by Crippen LogP contribution is 2.42. The molecular weight excluding hydrogens is 593 g/mol. The lowest BCUT2D eigenvalue weighted by atomic mass is 9.87. The summed E-state index contributed by atoms with van der Waals surface area (Å²) in [5, 5.41) is 11.3. The van der Waals surface area contributed by atoms with Gasteiger partial charge in [-0.2, -0.15) is 0 Å². The maximum Gasteiger partial charge on any atom is 0.344 e. The minimum Gasteiger partial charge on any atom is -0.506 e. The van der Waals surface area contributed by atoms with Crippen molar-refractivity contribution in [2.75, 3.05) is 13.7 Å². The molecule has 0 atom stereocenters. The fourth-order valence-corrected chi connectivity index (χ4v) is 5.44. The van der Waals surface area contributed by atoms with E-state index in [2.05, 4.69) is 25.8 Å². The summed E-state index contributed by atoms with van der Waals surface area (Å²) in [5.74, 6) is -1.57. The van der Waals surface area contributed by atoms with E-state index >= 15 is 0 Å². The molecule has 43 heavy (non-hydrogen) atoms. The summed E-state index contributed by atoms with van der Waals surface area (Å²) in [6.45, 7) is 7.98. The molecule has 0 bridgehead atoms. The first-order valence-corrected chi connectivity index (χ1v) is 14.6. The largest absolute Gasteiger partial charge is 0.506 e. The van der Waals surface area contributed by atoms with Gasteiger partial charge in [0.05, 0.1) is 23.6 Å². The third-order valence-corrected chi connectivity index (χ3v) is 7.69. The van der Waals surface area contributed by atoms with Crippen LogP contribution < -0.4 is 9.47 Å². The Labute approximate surface area is 259 Å². The molecule has 3 aromatic rings. The molecule has 0 saturated heterocycles. The quantitative estimate of drug-likeness (QED) is 0.254. The maximum absolute atomic E-state index is 13.6. The fraction of sp³-hybridized carbons (Fsp3) is 0.242. The number of aliphatic imine (C=N–C) groups is 1. The molecule has 0 aliphatic carbocycles. The van der Waals surface area contributed by atoms with Crippen LogP contribution in [0.15, 0.2) is 81.9 Å². The number of methoxy groups -OCH3 is 1. The van der Waals surface area contributed by atoms with E-state index in [0.29, 0.717) is 22.4 Å². The van der Waals surface area contributed by atoms with Crippen LogP contribution in [0, 0.1) is 5.82 Å². The molecule has 3 aromatic carbocycles. The van der Waals surface area contributed by atoms with Gasteiger partial charge < -0.3 is 19.3 Å². The van der Waals surface area contributed by atoms with E-state index in [4.69, 9.17) is 25.8 Å². The van der Waals surface area contributed by atoms with E-state index in [-0.39, 0.29) is 56.5 Å². The van der Waals surface area contributed by atoms with Crippen LogP contribution in [0.25, 0.3) is 6.08 Å². The minimum absolute atomic E-state index is 0.0141. The first-order chi connectivity index (χ1) is 20.4. The number of ether oxygens (including phenoxy) is 3. The molecule has 0 spiro atoms. The topological polar surface area (TPSA) is 94.4 Å². The van der Waals surface area contributed by atoms with Crippen LogP contribution >= 0.6 is 23.4 Å². The summed E-state index contributed by atoms with van der Waals surface area (Å²) < 4.78 is 30.0. The average Bonchev–Trinajstić information content (AvgIpc) is 3.25. The number of carbonyl (C=O) groups is 2. The molecule has 0 saturated carbocycles. The second-order valence-electron chi connectivity index (χ2n) is 10.6. The van der Waals surface area contributed by atoms with Gasteiger partial charge in [0.15, 0.2) is 11.5 Å². The van der Waals surface area contributed by atoms with Crippen molar-refractivity contribution < 1.29 is 33.3 Å². The SMILES string of the molecule is CCOC(=O)C1=C(O)C(=Cc2cc(Cl)c(OCc3cccc(F)c3)c(OC)c2)SC1=NC(=O)c1ccc(C(C)(C)C)cc1. The van der Waals surface area contributed by atoms with Crippen LogP contribution in [0.5, 0.6) is 11.5 Å². The lowest BCUT2D eigenvalue weighted by Gasteiger charge is -2.18. The predicted molar refractivity (Wildman–Crippen MR) is 167 cm³/mol. The van der Waals surface area contributed by atoms with Gasteiger partial charge in [-0.15, -0.1) is 0 Å². The van der Waals surface area contributed by atoms with Gasteiger partial charge in [-0.05, 0) is 71.5 Å². The Hall–Kier alpha value is -4.08. The van der Waals surface area contributed by atoms with Crippen LogP contribution in [0.1, 0.15) is 54.7 Å². The van der Waals surface area contributed by atoms with E-state index in [9.17, 15) is 19.1 Å². The van der Waals surface area contributed by atoms with Crippen molar-refractivity contribution in [1.29, 1.82) is 0 Å². The number of thioether (sulfide) groups is 1. The molecule has 7 nitrogen and oxygen atoms in total. The van der Waals surface area contributed by atoms with E-state index in [1.54, 1.807) is 49.4 Å². The van der Waals surface area contributed by atoms with Crippen LogP contribution in [0.2, 0.25) is 5.02 Å². The Kier molecular flexibility index (Phi) is 9.98. The molecule has 1 aliphatic heterocycles. The van der Waals surface area contributed by atoms with Gasteiger partial charge in [0, 0.05) is 5.56 Å². The maximum atomic E-state index is 13.6. The number of rotatable bonds is 8. The van der Waals surface area contributed by atoms with E-state index in [1.165, 1.54) is 19.2 Å². The number of halogens is 2. The van der Waals surface area contributed by atoms with Crippen molar-refractivity contribution in [1.82, 2.24) is 0 Å². The zero-order valence-electron chi connectivity index (χ0n) is 24.4. The van der Waals surface area contributed by atoms with Crippen molar-refractivity contribution in [2.24, 2.45) is 4.99 Å². The summed E-state index contributed by atoms with van der Waals surface area (Å²) in [7, 11) is 1.45. The van der Waals surface area contributed by atoms with Crippen molar-refractivity contribution in [3.05, 3.63) is 110 Å². The molecule has 0 radical (unpaired) electrons. The number of hydrogen-bond donors (Lipinski definition) is 1. The van der Waals surface area contributed by atoms with Gasteiger partial charge in [0.1, 0.15) is 28.8 Å². The van der Waals surface area contributed by atoms with Gasteiger partial charge in [-0.3, -0.25) is 4.79 Å². The average molecular weight is 624 g/mol. The molecule has 224 valence electrons. The number of hydrogen-bond acceptors (Lipinski definition) is 7. The van der Waals surface area contributed by atoms with Gasteiger partial charge in [-0.25, -0.2) is 14.2 Å². The summed E-state index contributed by atoms with van der Waals surface area (Å²) in [4.78, 5) is 30.3. The second-order valence-corrected chi connectivity index (χ2v) is 12.0. The van der Waals surface area contributed by atoms with Crippen LogP contribution in [-0.2, 0) is 21.6 Å². The number of esters is 1. The molecule has 1 heterocycles. The van der Waals surface area contributed by atoms with Crippen molar-refractivity contribution in [2.45, 2.75) is 39.7 Å².